The lowest BCUT2D eigenvalue weighted by molar-refractivity contribution is 0.414. The van der Waals surface area contributed by atoms with Gasteiger partial charge >= 0.3 is 0 Å². The van der Waals surface area contributed by atoms with E-state index < -0.39 is 0 Å². The first-order valence-electron chi connectivity index (χ1n) is 5.83. The van der Waals surface area contributed by atoms with Crippen molar-refractivity contribution in [2.24, 2.45) is 0 Å². The molecule has 0 aliphatic rings. The largest absolute Gasteiger partial charge is 0.497 e. The Kier molecular flexibility index (Phi) is 3.05. The monoisotopic (exact) mass is 270 g/mol. The van der Waals surface area contributed by atoms with Crippen LogP contribution in [0, 0.1) is 0 Å². The van der Waals surface area contributed by atoms with Gasteiger partial charge in [0.1, 0.15) is 10.9 Å². The van der Waals surface area contributed by atoms with Crippen molar-refractivity contribution in [1.29, 1.82) is 0 Å². The number of methoxy groups -OCH3 is 1. The summed E-state index contributed by atoms with van der Waals surface area (Å²) in [6.07, 6.45) is 1.73. The first-order valence-corrected chi connectivity index (χ1v) is 6.21. The predicted molar refractivity (Wildman–Crippen MR) is 76.5 cm³/mol. The molecule has 3 aromatic rings. The molecule has 0 aliphatic heterocycles. The molecule has 0 aliphatic carbocycles. The fourth-order valence-electron chi connectivity index (χ4n) is 1.95. The molecule has 0 N–H and O–H groups in total. The van der Waals surface area contributed by atoms with Crippen LogP contribution in [0.25, 0.3) is 22.2 Å². The van der Waals surface area contributed by atoms with Gasteiger partial charge in [0.05, 0.1) is 18.3 Å². The first kappa shape index (κ1) is 11.9. The van der Waals surface area contributed by atoms with Gasteiger partial charge < -0.3 is 4.74 Å². The smallest absolute Gasteiger partial charge is 0.129 e. The van der Waals surface area contributed by atoms with Crippen LogP contribution in [0.15, 0.2) is 48.7 Å². The molecule has 19 heavy (non-hydrogen) atoms. The van der Waals surface area contributed by atoms with Gasteiger partial charge in [-0.1, -0.05) is 23.7 Å². The van der Waals surface area contributed by atoms with Crippen molar-refractivity contribution in [3.05, 3.63) is 53.8 Å². The Morgan fingerprint density at radius 3 is 2.74 bits per heavy atom. The summed E-state index contributed by atoms with van der Waals surface area (Å²) in [6, 6.07) is 13.4. The Hall–Kier alpha value is -2.13. The summed E-state index contributed by atoms with van der Waals surface area (Å²) in [6.45, 7) is 0. The van der Waals surface area contributed by atoms with Crippen LogP contribution in [-0.4, -0.2) is 17.1 Å². The number of halogens is 1. The number of hydrogen-bond donors (Lipinski definition) is 0. The summed E-state index contributed by atoms with van der Waals surface area (Å²) in [7, 11) is 1.64. The van der Waals surface area contributed by atoms with E-state index in [1.807, 2.05) is 36.4 Å². The maximum Gasteiger partial charge on any atom is 0.129 e. The van der Waals surface area contributed by atoms with Gasteiger partial charge in [-0.25, -0.2) is 4.98 Å². The Morgan fingerprint density at radius 1 is 1.05 bits per heavy atom. The van der Waals surface area contributed by atoms with Crippen molar-refractivity contribution in [2.45, 2.75) is 0 Å². The SMILES string of the molecule is COc1ccnc(-c2ccc3ccc(Cl)nc3c2)c1. The van der Waals surface area contributed by atoms with E-state index in [-0.39, 0.29) is 0 Å². The van der Waals surface area contributed by atoms with E-state index >= 15 is 0 Å². The molecule has 0 unspecified atom stereocenters. The number of hydrogen-bond acceptors (Lipinski definition) is 3. The molecule has 4 heteroatoms. The number of nitrogens with zero attached hydrogens (tertiary/aromatic N) is 2. The van der Waals surface area contributed by atoms with Gasteiger partial charge in [0, 0.05) is 23.2 Å². The molecule has 0 radical (unpaired) electrons. The second-order valence-electron chi connectivity index (χ2n) is 4.12. The van der Waals surface area contributed by atoms with Crippen molar-refractivity contribution in [1.82, 2.24) is 9.97 Å². The third-order valence-electron chi connectivity index (χ3n) is 2.92. The quantitative estimate of drug-likeness (QED) is 0.661. The highest BCUT2D eigenvalue weighted by atomic mass is 35.5. The molecule has 0 amide bonds. The minimum Gasteiger partial charge on any atom is -0.497 e. The minimum absolute atomic E-state index is 0.489. The van der Waals surface area contributed by atoms with E-state index in [1.54, 1.807) is 19.4 Å². The van der Waals surface area contributed by atoms with Crippen LogP contribution in [0.2, 0.25) is 5.15 Å². The predicted octanol–water partition coefficient (Wildman–Crippen LogP) is 3.96. The molecule has 3 rings (SSSR count). The van der Waals surface area contributed by atoms with Crippen LogP contribution in [0.3, 0.4) is 0 Å². The highest BCUT2D eigenvalue weighted by Gasteiger charge is 2.04. The van der Waals surface area contributed by atoms with Crippen molar-refractivity contribution in [2.75, 3.05) is 7.11 Å². The van der Waals surface area contributed by atoms with E-state index in [9.17, 15) is 0 Å². The zero-order valence-electron chi connectivity index (χ0n) is 10.3. The summed E-state index contributed by atoms with van der Waals surface area (Å²) < 4.78 is 5.21. The van der Waals surface area contributed by atoms with Gasteiger partial charge in [-0.15, -0.1) is 0 Å². The first-order chi connectivity index (χ1) is 9.26. The van der Waals surface area contributed by atoms with Crippen LogP contribution in [0.5, 0.6) is 5.75 Å². The number of pyridine rings is 2. The van der Waals surface area contributed by atoms with Crippen LogP contribution >= 0.6 is 11.6 Å². The molecular formula is C15H11ClN2O. The van der Waals surface area contributed by atoms with Gasteiger partial charge in [0.15, 0.2) is 0 Å². The zero-order chi connectivity index (χ0) is 13.2. The van der Waals surface area contributed by atoms with E-state index in [4.69, 9.17) is 16.3 Å². The maximum absolute atomic E-state index is 5.92. The second kappa shape index (κ2) is 4.86. The summed E-state index contributed by atoms with van der Waals surface area (Å²) >= 11 is 5.92. The fraction of sp³-hybridized carbons (Fsp3) is 0.0667. The minimum atomic E-state index is 0.489. The molecule has 3 nitrogen and oxygen atoms in total. The molecule has 0 saturated carbocycles. The average molecular weight is 271 g/mol. The number of benzene rings is 1. The van der Waals surface area contributed by atoms with Gasteiger partial charge in [-0.2, -0.15) is 0 Å². The van der Waals surface area contributed by atoms with Gasteiger partial charge in [0.2, 0.25) is 0 Å². The average Bonchev–Trinajstić information content (AvgIpc) is 2.46. The van der Waals surface area contributed by atoms with Crippen LogP contribution in [-0.2, 0) is 0 Å². The molecule has 94 valence electrons. The van der Waals surface area contributed by atoms with Crippen molar-refractivity contribution in [3.63, 3.8) is 0 Å². The van der Waals surface area contributed by atoms with Gasteiger partial charge in [-0.3, -0.25) is 4.98 Å². The van der Waals surface area contributed by atoms with Crippen molar-refractivity contribution < 1.29 is 4.74 Å². The van der Waals surface area contributed by atoms with E-state index in [1.165, 1.54) is 0 Å². The molecule has 2 aromatic heterocycles. The Bertz CT molecular complexity index is 743. The molecule has 2 heterocycles. The molecule has 0 spiro atoms. The lowest BCUT2D eigenvalue weighted by atomic mass is 10.1. The second-order valence-corrected chi connectivity index (χ2v) is 4.51. The van der Waals surface area contributed by atoms with Crippen molar-refractivity contribution in [3.8, 4) is 17.0 Å². The highest BCUT2D eigenvalue weighted by molar-refractivity contribution is 6.29. The van der Waals surface area contributed by atoms with Gasteiger partial charge in [0.25, 0.3) is 0 Å². The molecule has 1 aromatic carbocycles. The normalized spacial score (nSPS) is 10.6. The lowest BCUT2D eigenvalue weighted by Crippen LogP contribution is -1.88. The summed E-state index contributed by atoms with van der Waals surface area (Å²) in [5.74, 6) is 0.782. The van der Waals surface area contributed by atoms with Crippen molar-refractivity contribution >= 4 is 22.5 Å². The molecule has 0 saturated heterocycles. The van der Waals surface area contributed by atoms with E-state index in [0.717, 1.165) is 27.9 Å². The van der Waals surface area contributed by atoms with Crippen LogP contribution in [0.4, 0.5) is 0 Å². The van der Waals surface area contributed by atoms with E-state index in [0.29, 0.717) is 5.15 Å². The molecule has 0 atom stereocenters. The molecular weight excluding hydrogens is 260 g/mol. The Labute approximate surface area is 115 Å². The number of fused-ring (bicyclic) bond motifs is 1. The standard InChI is InChI=1S/C15H11ClN2O/c1-19-12-6-7-17-13(9-12)11-3-2-10-4-5-15(16)18-14(10)8-11/h2-9H,1H3. The number of aromatic nitrogens is 2. The summed E-state index contributed by atoms with van der Waals surface area (Å²) in [4.78, 5) is 8.66. The van der Waals surface area contributed by atoms with Gasteiger partial charge in [-0.05, 0) is 24.3 Å². The Morgan fingerprint density at radius 2 is 1.89 bits per heavy atom. The third-order valence-corrected chi connectivity index (χ3v) is 3.13. The Balaban J connectivity index is 2.13. The zero-order valence-corrected chi connectivity index (χ0v) is 11.1. The highest BCUT2D eigenvalue weighted by Crippen LogP contribution is 2.25. The molecule has 0 bridgehead atoms. The molecule has 0 fully saturated rings. The summed E-state index contributed by atoms with van der Waals surface area (Å²) in [5, 5.41) is 1.54. The number of ether oxygens (including phenoxy) is 1. The lowest BCUT2D eigenvalue weighted by Gasteiger charge is -2.05. The summed E-state index contributed by atoms with van der Waals surface area (Å²) in [5.41, 5.74) is 2.69. The fourth-order valence-corrected chi connectivity index (χ4v) is 2.10. The third kappa shape index (κ3) is 2.37. The number of rotatable bonds is 2. The topological polar surface area (TPSA) is 35.0 Å². The van der Waals surface area contributed by atoms with Crippen LogP contribution in [0.1, 0.15) is 0 Å². The van der Waals surface area contributed by atoms with E-state index in [2.05, 4.69) is 9.97 Å². The van der Waals surface area contributed by atoms with Crippen LogP contribution < -0.4 is 4.74 Å². The maximum atomic E-state index is 5.92.